The molecule has 142 valence electrons. The molecule has 0 saturated heterocycles. The summed E-state index contributed by atoms with van der Waals surface area (Å²) in [7, 11) is 0. The van der Waals surface area contributed by atoms with Gasteiger partial charge in [0.05, 0.1) is 21.4 Å². The van der Waals surface area contributed by atoms with E-state index in [2.05, 4.69) is 5.32 Å². The van der Waals surface area contributed by atoms with Crippen LogP contribution in [0.25, 0.3) is 0 Å². The number of esters is 1. The van der Waals surface area contributed by atoms with Gasteiger partial charge in [-0.15, -0.1) is 11.8 Å². The maximum absolute atomic E-state index is 12.1. The summed E-state index contributed by atoms with van der Waals surface area (Å²) >= 11 is 7.28. The topological polar surface area (TPSA) is 98.5 Å². The van der Waals surface area contributed by atoms with Crippen LogP contribution in [0.5, 0.6) is 0 Å². The standard InChI is InChI=1S/C18H17ClN2O5S/c1-11(13-5-3-4-6-14(13)19)20-17(22)10-26-18(23)12-7-8-16(27-2)15(9-12)21(24)25/h3-9,11H,10H2,1-2H3,(H,20,22)/t11-/m1/s1. The number of thioether (sulfide) groups is 1. The zero-order chi connectivity index (χ0) is 20.0. The molecule has 1 amide bonds. The molecule has 27 heavy (non-hydrogen) atoms. The minimum atomic E-state index is -0.814. The Bertz CT molecular complexity index is 875. The summed E-state index contributed by atoms with van der Waals surface area (Å²) in [6, 6.07) is 10.7. The molecule has 0 fully saturated rings. The van der Waals surface area contributed by atoms with Gasteiger partial charge >= 0.3 is 5.97 Å². The van der Waals surface area contributed by atoms with Crippen LogP contribution < -0.4 is 5.32 Å². The number of halogens is 1. The Labute approximate surface area is 165 Å². The van der Waals surface area contributed by atoms with Gasteiger partial charge in [-0.25, -0.2) is 4.79 Å². The van der Waals surface area contributed by atoms with E-state index in [1.807, 2.05) is 0 Å². The van der Waals surface area contributed by atoms with Crippen molar-refractivity contribution >= 4 is 40.9 Å². The van der Waals surface area contributed by atoms with E-state index in [9.17, 15) is 19.7 Å². The highest BCUT2D eigenvalue weighted by atomic mass is 35.5. The Morgan fingerprint density at radius 3 is 2.63 bits per heavy atom. The van der Waals surface area contributed by atoms with Crippen molar-refractivity contribution < 1.29 is 19.2 Å². The first kappa shape index (κ1) is 20.7. The lowest BCUT2D eigenvalue weighted by Gasteiger charge is -2.15. The minimum Gasteiger partial charge on any atom is -0.452 e. The Balaban J connectivity index is 1.97. The van der Waals surface area contributed by atoms with Crippen LogP contribution in [-0.2, 0) is 9.53 Å². The summed E-state index contributed by atoms with van der Waals surface area (Å²) in [6.45, 7) is 1.25. The number of hydrogen-bond acceptors (Lipinski definition) is 6. The van der Waals surface area contributed by atoms with Crippen molar-refractivity contribution in [2.24, 2.45) is 0 Å². The van der Waals surface area contributed by atoms with Gasteiger partial charge in [0.25, 0.3) is 11.6 Å². The molecule has 0 spiro atoms. The van der Waals surface area contributed by atoms with Gasteiger partial charge in [-0.1, -0.05) is 29.8 Å². The number of ether oxygens (including phenoxy) is 1. The molecule has 0 saturated carbocycles. The van der Waals surface area contributed by atoms with Gasteiger partial charge in [0.15, 0.2) is 6.61 Å². The fraction of sp³-hybridized carbons (Fsp3) is 0.222. The molecule has 7 nitrogen and oxygen atoms in total. The van der Waals surface area contributed by atoms with Crippen LogP contribution in [-0.4, -0.2) is 29.7 Å². The highest BCUT2D eigenvalue weighted by Crippen LogP contribution is 2.28. The van der Waals surface area contributed by atoms with Crippen LogP contribution in [0.4, 0.5) is 5.69 Å². The quantitative estimate of drug-likeness (QED) is 0.321. The first-order valence-corrected chi connectivity index (χ1v) is 9.47. The average Bonchev–Trinajstić information content (AvgIpc) is 2.65. The van der Waals surface area contributed by atoms with Crippen LogP contribution >= 0.6 is 23.4 Å². The van der Waals surface area contributed by atoms with E-state index < -0.39 is 23.4 Å². The number of carbonyl (C=O) groups excluding carboxylic acids is 2. The molecule has 2 aromatic carbocycles. The Morgan fingerprint density at radius 1 is 1.30 bits per heavy atom. The number of nitro benzene ring substituents is 1. The van der Waals surface area contributed by atoms with Crippen molar-refractivity contribution in [3.63, 3.8) is 0 Å². The molecule has 0 aromatic heterocycles. The van der Waals surface area contributed by atoms with E-state index in [-0.39, 0.29) is 17.3 Å². The van der Waals surface area contributed by atoms with Crippen molar-refractivity contribution in [2.45, 2.75) is 17.9 Å². The maximum atomic E-state index is 12.1. The predicted octanol–water partition coefficient (Wildman–Crippen LogP) is 4.00. The SMILES string of the molecule is CSc1ccc(C(=O)OCC(=O)N[C@H](C)c2ccccc2Cl)cc1[N+](=O)[O-]. The molecular weight excluding hydrogens is 392 g/mol. The fourth-order valence-electron chi connectivity index (χ4n) is 2.36. The Kier molecular flexibility index (Phi) is 7.20. The smallest absolute Gasteiger partial charge is 0.338 e. The molecule has 1 atom stereocenters. The summed E-state index contributed by atoms with van der Waals surface area (Å²) in [6.07, 6.45) is 1.70. The monoisotopic (exact) mass is 408 g/mol. The van der Waals surface area contributed by atoms with Crippen molar-refractivity contribution in [3.05, 3.63) is 68.7 Å². The van der Waals surface area contributed by atoms with Crippen LogP contribution in [0, 0.1) is 10.1 Å². The Hall–Kier alpha value is -2.58. The van der Waals surface area contributed by atoms with E-state index in [1.54, 1.807) is 37.4 Å². The number of hydrogen-bond donors (Lipinski definition) is 1. The van der Waals surface area contributed by atoms with Crippen molar-refractivity contribution in [2.75, 3.05) is 12.9 Å². The Morgan fingerprint density at radius 2 is 2.00 bits per heavy atom. The van der Waals surface area contributed by atoms with Crippen molar-refractivity contribution in [1.29, 1.82) is 0 Å². The second-order valence-electron chi connectivity index (χ2n) is 5.53. The molecule has 9 heteroatoms. The second-order valence-corrected chi connectivity index (χ2v) is 6.79. The summed E-state index contributed by atoms with van der Waals surface area (Å²) in [5.41, 5.74) is 0.558. The molecule has 2 rings (SSSR count). The summed E-state index contributed by atoms with van der Waals surface area (Å²) in [5.74, 6) is -1.32. The fourth-order valence-corrected chi connectivity index (χ4v) is 3.21. The number of nitrogens with zero attached hydrogens (tertiary/aromatic N) is 1. The van der Waals surface area contributed by atoms with Gasteiger partial charge in [0.2, 0.25) is 0 Å². The lowest BCUT2D eigenvalue weighted by molar-refractivity contribution is -0.387. The van der Waals surface area contributed by atoms with Gasteiger partial charge in [0, 0.05) is 11.1 Å². The number of rotatable bonds is 7. The third-order valence-electron chi connectivity index (χ3n) is 3.69. The van der Waals surface area contributed by atoms with E-state index in [4.69, 9.17) is 16.3 Å². The number of nitrogens with one attached hydrogen (secondary N) is 1. The van der Waals surface area contributed by atoms with E-state index >= 15 is 0 Å². The molecule has 1 N–H and O–H groups in total. The number of amides is 1. The number of benzene rings is 2. The van der Waals surface area contributed by atoms with Crippen LogP contribution in [0.2, 0.25) is 5.02 Å². The molecule has 0 aliphatic rings. The molecule has 2 aromatic rings. The van der Waals surface area contributed by atoms with E-state index in [0.717, 1.165) is 11.6 Å². The van der Waals surface area contributed by atoms with E-state index in [1.165, 1.54) is 23.9 Å². The van der Waals surface area contributed by atoms with Gasteiger partial charge < -0.3 is 10.1 Å². The van der Waals surface area contributed by atoms with Crippen molar-refractivity contribution in [3.8, 4) is 0 Å². The van der Waals surface area contributed by atoms with Crippen LogP contribution in [0.3, 0.4) is 0 Å². The molecule has 0 heterocycles. The van der Waals surface area contributed by atoms with Gasteiger partial charge in [-0.05, 0) is 36.9 Å². The zero-order valence-electron chi connectivity index (χ0n) is 14.6. The predicted molar refractivity (Wildman–Crippen MR) is 103 cm³/mol. The molecular formula is C18H17ClN2O5S. The van der Waals surface area contributed by atoms with Gasteiger partial charge in [-0.2, -0.15) is 0 Å². The van der Waals surface area contributed by atoms with Crippen LogP contribution in [0.15, 0.2) is 47.4 Å². The maximum Gasteiger partial charge on any atom is 0.338 e. The molecule has 0 radical (unpaired) electrons. The lowest BCUT2D eigenvalue weighted by atomic mass is 10.1. The first-order valence-electron chi connectivity index (χ1n) is 7.86. The zero-order valence-corrected chi connectivity index (χ0v) is 16.2. The molecule has 0 aliphatic carbocycles. The summed E-state index contributed by atoms with van der Waals surface area (Å²) in [5, 5.41) is 14.3. The minimum absolute atomic E-state index is 0.00597. The lowest BCUT2D eigenvalue weighted by Crippen LogP contribution is -2.31. The highest BCUT2D eigenvalue weighted by molar-refractivity contribution is 7.98. The summed E-state index contributed by atoms with van der Waals surface area (Å²) in [4.78, 5) is 35.0. The molecule has 0 aliphatic heterocycles. The van der Waals surface area contributed by atoms with Gasteiger partial charge in [-0.3, -0.25) is 14.9 Å². The average molecular weight is 409 g/mol. The first-order chi connectivity index (χ1) is 12.8. The third kappa shape index (κ3) is 5.45. The normalized spacial score (nSPS) is 11.5. The second kappa shape index (κ2) is 9.38. The number of nitro groups is 1. The van der Waals surface area contributed by atoms with Crippen molar-refractivity contribution in [1.82, 2.24) is 5.32 Å². The molecule has 0 unspecified atom stereocenters. The summed E-state index contributed by atoms with van der Waals surface area (Å²) < 4.78 is 4.95. The van der Waals surface area contributed by atoms with E-state index in [0.29, 0.717) is 9.92 Å². The number of carbonyl (C=O) groups is 2. The molecule has 0 bridgehead atoms. The van der Waals surface area contributed by atoms with Gasteiger partial charge in [0.1, 0.15) is 0 Å². The highest BCUT2D eigenvalue weighted by Gasteiger charge is 2.19. The third-order valence-corrected chi connectivity index (χ3v) is 4.82. The van der Waals surface area contributed by atoms with Crippen LogP contribution in [0.1, 0.15) is 28.9 Å². The largest absolute Gasteiger partial charge is 0.452 e.